The third-order valence-electron chi connectivity index (χ3n) is 5.25. The zero-order valence-electron chi connectivity index (χ0n) is 17.6. The van der Waals surface area contributed by atoms with E-state index in [1.165, 1.54) is 6.21 Å². The molecule has 2 aromatic rings. The van der Waals surface area contributed by atoms with Gasteiger partial charge in [-0.2, -0.15) is 5.10 Å². The Balaban J connectivity index is 1.75. The molecule has 1 saturated heterocycles. The number of aryl methyl sites for hydroxylation is 2. The van der Waals surface area contributed by atoms with Gasteiger partial charge in [0.1, 0.15) is 5.54 Å². The highest BCUT2D eigenvalue weighted by atomic mass is 16.5. The monoisotopic (exact) mass is 410 g/mol. The van der Waals surface area contributed by atoms with E-state index < -0.39 is 23.4 Å². The molecule has 0 bridgehead atoms. The molecule has 158 valence electrons. The fourth-order valence-corrected chi connectivity index (χ4v) is 3.51. The highest BCUT2D eigenvalue weighted by molar-refractivity contribution is 6.07. The molecule has 1 aromatic heterocycles. The molecule has 0 aliphatic carbocycles. The lowest BCUT2D eigenvalue weighted by atomic mass is 9.93. The zero-order chi connectivity index (χ0) is 21.9. The fraction of sp³-hybridized carbons (Fsp3) is 0.364. The van der Waals surface area contributed by atoms with Crippen molar-refractivity contribution >= 4 is 24.1 Å². The fourth-order valence-electron chi connectivity index (χ4n) is 3.51. The number of aromatic nitrogens is 1. The zero-order valence-corrected chi connectivity index (χ0v) is 17.6. The first kappa shape index (κ1) is 21.3. The molecule has 8 heteroatoms. The quantitative estimate of drug-likeness (QED) is 0.416. The Kier molecular flexibility index (Phi) is 6.05. The van der Waals surface area contributed by atoms with Gasteiger partial charge in [-0.1, -0.05) is 30.3 Å². The average Bonchev–Trinajstić information content (AvgIpc) is 3.11. The van der Waals surface area contributed by atoms with Crippen LogP contribution in [0.5, 0.6) is 0 Å². The van der Waals surface area contributed by atoms with Crippen molar-refractivity contribution < 1.29 is 19.1 Å². The highest BCUT2D eigenvalue weighted by Crippen LogP contribution is 2.24. The van der Waals surface area contributed by atoms with Crippen molar-refractivity contribution in [3.8, 4) is 0 Å². The predicted molar refractivity (Wildman–Crippen MR) is 112 cm³/mol. The first-order chi connectivity index (χ1) is 14.3. The van der Waals surface area contributed by atoms with Crippen LogP contribution in [0.25, 0.3) is 0 Å². The van der Waals surface area contributed by atoms with Gasteiger partial charge in [0.15, 0.2) is 0 Å². The number of hydrogen-bond donors (Lipinski definition) is 2. The van der Waals surface area contributed by atoms with E-state index in [0.29, 0.717) is 35.4 Å². The summed E-state index contributed by atoms with van der Waals surface area (Å²) in [5, 5.41) is 7.67. The third kappa shape index (κ3) is 4.12. The minimum atomic E-state index is -1.03. The number of aromatic amines is 1. The van der Waals surface area contributed by atoms with Gasteiger partial charge in [-0.05, 0) is 51.7 Å². The third-order valence-corrected chi connectivity index (χ3v) is 5.25. The number of hydrogen-bond acceptors (Lipinski definition) is 5. The molecule has 1 aliphatic heterocycles. The summed E-state index contributed by atoms with van der Waals surface area (Å²) in [4.78, 5) is 40.4. The topological polar surface area (TPSA) is 104 Å². The molecule has 0 spiro atoms. The molecule has 0 unspecified atom stereocenters. The average molecular weight is 410 g/mol. The second-order valence-corrected chi connectivity index (χ2v) is 7.49. The van der Waals surface area contributed by atoms with Crippen molar-refractivity contribution in [2.24, 2.45) is 5.10 Å². The number of carbonyl (C=O) groups is 3. The smallest absolute Gasteiger partial charge is 0.346 e. The van der Waals surface area contributed by atoms with Crippen LogP contribution in [0.3, 0.4) is 0 Å². The number of amides is 3. The van der Waals surface area contributed by atoms with Crippen molar-refractivity contribution in [2.45, 2.75) is 46.1 Å². The van der Waals surface area contributed by atoms with E-state index in [1.54, 1.807) is 27.7 Å². The van der Waals surface area contributed by atoms with Crippen LogP contribution in [-0.2, 0) is 16.0 Å². The Morgan fingerprint density at radius 1 is 1.23 bits per heavy atom. The number of benzene rings is 1. The number of nitrogens with zero attached hydrogens (tertiary/aromatic N) is 2. The minimum absolute atomic E-state index is 0.274. The number of urea groups is 1. The van der Waals surface area contributed by atoms with Crippen LogP contribution in [0.2, 0.25) is 0 Å². The SMILES string of the molecule is CCOC(=O)c1c(C)[nH]c(/C=N/N2C(=O)N[C@@](C)(CCc3ccccc3)C2=O)c1C. The molecule has 1 atom stereocenters. The number of carbonyl (C=O) groups excluding carboxylic acids is 3. The maximum absolute atomic E-state index is 12.9. The number of ether oxygens (including phenoxy) is 1. The van der Waals surface area contributed by atoms with E-state index in [1.807, 2.05) is 30.3 Å². The molecular formula is C22H26N4O4. The molecule has 0 saturated carbocycles. The van der Waals surface area contributed by atoms with E-state index in [9.17, 15) is 14.4 Å². The van der Waals surface area contributed by atoms with Gasteiger partial charge in [-0.3, -0.25) is 4.79 Å². The van der Waals surface area contributed by atoms with Gasteiger partial charge in [0.05, 0.1) is 24.1 Å². The standard InChI is InChI=1S/C22H26N4O4/c1-5-30-19(27)18-14(2)17(24-15(18)3)13-23-26-20(28)22(4,25-21(26)29)12-11-16-9-7-6-8-10-16/h6-10,13,24H,5,11-12H2,1-4H3,(H,25,29)/b23-13+/t22-/m0/s1. The summed E-state index contributed by atoms with van der Waals surface area (Å²) in [7, 11) is 0. The van der Waals surface area contributed by atoms with Crippen molar-refractivity contribution in [2.75, 3.05) is 6.61 Å². The van der Waals surface area contributed by atoms with Gasteiger partial charge in [0.25, 0.3) is 5.91 Å². The number of imide groups is 1. The second kappa shape index (κ2) is 8.52. The highest BCUT2D eigenvalue weighted by Gasteiger charge is 2.47. The van der Waals surface area contributed by atoms with Crippen molar-refractivity contribution in [1.82, 2.24) is 15.3 Å². The Bertz CT molecular complexity index is 996. The number of hydrazone groups is 1. The van der Waals surface area contributed by atoms with Crippen LogP contribution >= 0.6 is 0 Å². The largest absolute Gasteiger partial charge is 0.462 e. The molecule has 1 aliphatic rings. The molecule has 1 aromatic carbocycles. The molecule has 1 fully saturated rings. The van der Waals surface area contributed by atoms with E-state index in [-0.39, 0.29) is 6.61 Å². The van der Waals surface area contributed by atoms with Crippen LogP contribution < -0.4 is 5.32 Å². The predicted octanol–water partition coefficient (Wildman–Crippen LogP) is 3.09. The molecule has 30 heavy (non-hydrogen) atoms. The van der Waals surface area contributed by atoms with Gasteiger partial charge < -0.3 is 15.0 Å². The Hall–Kier alpha value is -3.42. The van der Waals surface area contributed by atoms with Gasteiger partial charge >= 0.3 is 12.0 Å². The van der Waals surface area contributed by atoms with Crippen LogP contribution in [0, 0.1) is 13.8 Å². The van der Waals surface area contributed by atoms with E-state index >= 15 is 0 Å². The Morgan fingerprint density at radius 3 is 2.60 bits per heavy atom. The summed E-state index contributed by atoms with van der Waals surface area (Å²) < 4.78 is 5.07. The van der Waals surface area contributed by atoms with Crippen LogP contribution in [-0.4, -0.2) is 46.3 Å². The summed E-state index contributed by atoms with van der Waals surface area (Å²) in [5.74, 6) is -0.835. The number of rotatable bonds is 7. The summed E-state index contributed by atoms with van der Waals surface area (Å²) in [5.41, 5.74) is 2.32. The van der Waals surface area contributed by atoms with Gasteiger partial charge in [-0.15, -0.1) is 5.01 Å². The molecule has 2 heterocycles. The second-order valence-electron chi connectivity index (χ2n) is 7.49. The summed E-state index contributed by atoms with van der Waals surface area (Å²) in [6.45, 7) is 7.23. The molecule has 2 N–H and O–H groups in total. The maximum atomic E-state index is 12.9. The van der Waals surface area contributed by atoms with Crippen molar-refractivity contribution in [1.29, 1.82) is 0 Å². The first-order valence-corrected chi connectivity index (χ1v) is 9.87. The summed E-state index contributed by atoms with van der Waals surface area (Å²) in [6.07, 6.45) is 2.49. The number of esters is 1. The lowest BCUT2D eigenvalue weighted by Crippen LogP contribution is -2.44. The van der Waals surface area contributed by atoms with Crippen molar-refractivity contribution in [3.05, 3.63) is 58.4 Å². The molecule has 3 rings (SSSR count). The summed E-state index contributed by atoms with van der Waals surface area (Å²) in [6, 6.07) is 9.21. The Morgan fingerprint density at radius 2 is 1.93 bits per heavy atom. The van der Waals surface area contributed by atoms with E-state index in [2.05, 4.69) is 15.4 Å². The lowest BCUT2D eigenvalue weighted by molar-refractivity contribution is -0.130. The Labute approximate surface area is 175 Å². The summed E-state index contributed by atoms with van der Waals surface area (Å²) >= 11 is 0. The molecule has 3 amide bonds. The van der Waals surface area contributed by atoms with Crippen LogP contribution in [0.1, 0.15) is 53.1 Å². The van der Waals surface area contributed by atoms with Crippen molar-refractivity contribution in [3.63, 3.8) is 0 Å². The minimum Gasteiger partial charge on any atom is -0.462 e. The van der Waals surface area contributed by atoms with E-state index in [4.69, 9.17) is 4.74 Å². The van der Waals surface area contributed by atoms with Gasteiger partial charge in [-0.25, -0.2) is 9.59 Å². The molecular weight excluding hydrogens is 384 g/mol. The first-order valence-electron chi connectivity index (χ1n) is 9.87. The number of nitrogens with one attached hydrogen (secondary N) is 2. The van der Waals surface area contributed by atoms with Gasteiger partial charge in [0, 0.05) is 5.69 Å². The van der Waals surface area contributed by atoms with Crippen LogP contribution in [0.15, 0.2) is 35.4 Å². The van der Waals surface area contributed by atoms with Gasteiger partial charge in [0.2, 0.25) is 0 Å². The number of H-pyrrole nitrogens is 1. The normalized spacial score (nSPS) is 18.9. The molecule has 8 nitrogen and oxygen atoms in total. The van der Waals surface area contributed by atoms with Crippen LogP contribution in [0.4, 0.5) is 4.79 Å². The lowest BCUT2D eigenvalue weighted by Gasteiger charge is -2.20. The van der Waals surface area contributed by atoms with E-state index in [0.717, 1.165) is 10.6 Å². The maximum Gasteiger partial charge on any atom is 0.346 e. The molecule has 0 radical (unpaired) electrons.